The van der Waals surface area contributed by atoms with Crippen LogP contribution in [-0.4, -0.2) is 17.3 Å². The number of nitrogen functional groups attached to an aromatic ring is 1. The van der Waals surface area contributed by atoms with E-state index in [4.69, 9.17) is 11.0 Å². The number of nitriles is 1. The Hall–Kier alpha value is -2.26. The summed E-state index contributed by atoms with van der Waals surface area (Å²) in [7, 11) is 0. The molecule has 0 radical (unpaired) electrons. The maximum Gasteiger partial charge on any atom is 0.262 e. The molecule has 6 heteroatoms. The molecular formula is C10H5N3O2S. The fraction of sp³-hybridized carbons (Fsp3) is 0. The summed E-state index contributed by atoms with van der Waals surface area (Å²) in [4.78, 5) is 27.2. The highest BCUT2D eigenvalue weighted by Crippen LogP contribution is 2.29. The molecule has 1 aliphatic rings. The summed E-state index contributed by atoms with van der Waals surface area (Å²) in [6, 6.07) is 3.21. The molecule has 78 valence electrons. The highest BCUT2D eigenvalue weighted by Gasteiger charge is 2.29. The molecular weight excluding hydrogens is 226 g/mol. The molecule has 2 N–H and O–H groups in total. The van der Waals surface area contributed by atoms with Crippen LogP contribution < -0.4 is 5.73 Å². The van der Waals surface area contributed by atoms with Gasteiger partial charge in [-0.15, -0.1) is 11.3 Å². The van der Waals surface area contributed by atoms with Crippen molar-refractivity contribution in [2.75, 3.05) is 5.73 Å². The lowest BCUT2D eigenvalue weighted by Gasteiger charge is -2.06. The number of ketones is 2. The van der Waals surface area contributed by atoms with Gasteiger partial charge in [-0.1, -0.05) is 0 Å². The summed E-state index contributed by atoms with van der Waals surface area (Å²) in [6.07, 6.45) is 1.21. The van der Waals surface area contributed by atoms with Gasteiger partial charge in [0, 0.05) is 6.20 Å². The van der Waals surface area contributed by atoms with Crippen molar-refractivity contribution in [3.8, 4) is 6.07 Å². The first-order valence-electron chi connectivity index (χ1n) is 4.25. The topological polar surface area (TPSA) is 96.3 Å². The van der Waals surface area contributed by atoms with Crippen molar-refractivity contribution >= 4 is 39.9 Å². The lowest BCUT2D eigenvalue weighted by Crippen LogP contribution is -2.26. The molecule has 0 saturated heterocycles. The van der Waals surface area contributed by atoms with Crippen molar-refractivity contribution < 1.29 is 9.59 Å². The number of carbonyl (C=O) groups excluding carboxylic acids is 2. The number of hydrogen-bond donors (Lipinski definition) is 1. The van der Waals surface area contributed by atoms with E-state index in [1.165, 1.54) is 17.5 Å². The maximum atomic E-state index is 11.6. The van der Waals surface area contributed by atoms with Gasteiger partial charge in [0.05, 0.1) is 16.1 Å². The third kappa shape index (κ3) is 1.43. The van der Waals surface area contributed by atoms with Gasteiger partial charge in [-0.2, -0.15) is 5.26 Å². The Morgan fingerprint density at radius 3 is 2.69 bits per heavy atom. The van der Waals surface area contributed by atoms with Crippen LogP contribution in [0, 0.1) is 11.3 Å². The van der Waals surface area contributed by atoms with Crippen LogP contribution in [0.1, 0.15) is 4.88 Å². The Kier molecular flexibility index (Phi) is 2.38. The zero-order valence-electron chi connectivity index (χ0n) is 7.93. The van der Waals surface area contributed by atoms with Crippen LogP contribution >= 0.6 is 11.3 Å². The van der Waals surface area contributed by atoms with Crippen LogP contribution in [0.2, 0.25) is 0 Å². The van der Waals surface area contributed by atoms with Gasteiger partial charge in [0.2, 0.25) is 5.78 Å². The molecule has 0 aromatic carbocycles. The van der Waals surface area contributed by atoms with Crippen molar-refractivity contribution in [2.45, 2.75) is 0 Å². The summed E-state index contributed by atoms with van der Waals surface area (Å²) in [5.74, 6) is -1.62. The first-order chi connectivity index (χ1) is 7.65. The first-order valence-corrected chi connectivity index (χ1v) is 5.13. The van der Waals surface area contributed by atoms with E-state index >= 15 is 0 Å². The van der Waals surface area contributed by atoms with Gasteiger partial charge in [0.15, 0.2) is 5.71 Å². The molecule has 1 aromatic heterocycles. The number of hydrogen-bond acceptors (Lipinski definition) is 6. The molecule has 0 fully saturated rings. The number of nitrogens with two attached hydrogens (primary N) is 1. The lowest BCUT2D eigenvalue weighted by atomic mass is 10.0. The fourth-order valence-corrected chi connectivity index (χ4v) is 2.08. The minimum Gasteiger partial charge on any atom is -0.398 e. The highest BCUT2D eigenvalue weighted by molar-refractivity contribution is 7.12. The number of carbonyl (C=O) groups is 2. The number of aliphatic imine (C=N–C) groups is 1. The van der Waals surface area contributed by atoms with Gasteiger partial charge < -0.3 is 5.73 Å². The third-order valence-corrected chi connectivity index (χ3v) is 3.00. The molecule has 0 bridgehead atoms. The Balaban J connectivity index is 2.54. The van der Waals surface area contributed by atoms with E-state index in [9.17, 15) is 9.59 Å². The minimum absolute atomic E-state index is 0.150. The first kappa shape index (κ1) is 10.3. The second kappa shape index (κ2) is 3.72. The van der Waals surface area contributed by atoms with Crippen molar-refractivity contribution in [3.63, 3.8) is 0 Å². The van der Waals surface area contributed by atoms with Crippen LogP contribution in [-0.2, 0) is 9.59 Å². The smallest absolute Gasteiger partial charge is 0.262 e. The number of Topliss-reactive ketones (excluding diaryl/α,β-unsaturated/α-hetero) is 2. The Bertz CT molecular complexity index is 589. The normalized spacial score (nSPS) is 15.4. The summed E-state index contributed by atoms with van der Waals surface area (Å²) in [5, 5.41) is 10.3. The second-order valence-corrected chi connectivity index (χ2v) is 3.91. The SMILES string of the molecule is N#CC1=NC=C(c2sccc2N)C(=O)C1=O. The van der Waals surface area contributed by atoms with Crippen LogP contribution in [0.15, 0.2) is 22.6 Å². The Morgan fingerprint density at radius 1 is 1.38 bits per heavy atom. The van der Waals surface area contributed by atoms with Crippen molar-refractivity contribution in [1.29, 1.82) is 5.26 Å². The monoisotopic (exact) mass is 231 g/mol. The summed E-state index contributed by atoms with van der Waals surface area (Å²) >= 11 is 1.25. The van der Waals surface area contributed by atoms with Crippen LogP contribution in [0.4, 0.5) is 5.69 Å². The molecule has 1 aromatic rings. The Labute approximate surface area is 94.5 Å². The average Bonchev–Trinajstić information content (AvgIpc) is 2.69. The fourth-order valence-electron chi connectivity index (χ4n) is 1.26. The predicted molar refractivity (Wildman–Crippen MR) is 59.8 cm³/mol. The van der Waals surface area contributed by atoms with Crippen molar-refractivity contribution in [1.82, 2.24) is 0 Å². The summed E-state index contributed by atoms with van der Waals surface area (Å²) < 4.78 is 0. The van der Waals surface area contributed by atoms with E-state index in [0.29, 0.717) is 10.6 Å². The van der Waals surface area contributed by atoms with Gasteiger partial charge >= 0.3 is 0 Å². The molecule has 0 aliphatic carbocycles. The number of thiophene rings is 1. The molecule has 5 nitrogen and oxygen atoms in total. The van der Waals surface area contributed by atoms with E-state index < -0.39 is 11.6 Å². The van der Waals surface area contributed by atoms with E-state index in [1.807, 2.05) is 0 Å². The predicted octanol–water partition coefficient (Wildman–Crippen LogP) is 0.788. The quantitative estimate of drug-likeness (QED) is 0.722. The van der Waals surface area contributed by atoms with E-state index in [-0.39, 0.29) is 11.3 Å². The maximum absolute atomic E-state index is 11.6. The highest BCUT2D eigenvalue weighted by atomic mass is 32.1. The molecule has 0 unspecified atom stereocenters. The molecule has 0 amide bonds. The molecule has 0 atom stereocenters. The van der Waals surface area contributed by atoms with E-state index in [2.05, 4.69) is 4.99 Å². The standard InChI is InChI=1S/C10H5N3O2S/c11-3-7-9(15)8(14)5(4-13-7)10-6(12)1-2-16-10/h1-2,4H,12H2. The van der Waals surface area contributed by atoms with Gasteiger partial charge in [-0.05, 0) is 11.4 Å². The number of allylic oxidation sites excluding steroid dienone is 1. The molecule has 16 heavy (non-hydrogen) atoms. The largest absolute Gasteiger partial charge is 0.398 e. The molecule has 0 spiro atoms. The van der Waals surface area contributed by atoms with Crippen LogP contribution in [0.5, 0.6) is 0 Å². The van der Waals surface area contributed by atoms with Gasteiger partial charge in [0.1, 0.15) is 6.07 Å². The molecule has 0 saturated carbocycles. The van der Waals surface area contributed by atoms with E-state index in [0.717, 1.165) is 0 Å². The average molecular weight is 231 g/mol. The zero-order chi connectivity index (χ0) is 11.7. The van der Waals surface area contributed by atoms with Gasteiger partial charge in [0.25, 0.3) is 5.78 Å². The summed E-state index contributed by atoms with van der Waals surface area (Å²) in [6.45, 7) is 0. The number of anilines is 1. The second-order valence-electron chi connectivity index (χ2n) is 3.00. The Morgan fingerprint density at radius 2 is 2.12 bits per heavy atom. The van der Waals surface area contributed by atoms with Crippen LogP contribution in [0.3, 0.4) is 0 Å². The summed E-state index contributed by atoms with van der Waals surface area (Å²) in [5.41, 5.74) is 5.83. The van der Waals surface area contributed by atoms with Gasteiger partial charge in [-0.3, -0.25) is 9.59 Å². The molecule has 2 heterocycles. The van der Waals surface area contributed by atoms with Crippen molar-refractivity contribution in [2.24, 2.45) is 4.99 Å². The lowest BCUT2D eigenvalue weighted by molar-refractivity contribution is -0.129. The third-order valence-electron chi connectivity index (χ3n) is 2.03. The van der Waals surface area contributed by atoms with Crippen molar-refractivity contribution in [3.05, 3.63) is 22.5 Å². The number of nitrogens with zero attached hydrogens (tertiary/aromatic N) is 2. The zero-order valence-corrected chi connectivity index (χ0v) is 8.75. The van der Waals surface area contributed by atoms with Crippen LogP contribution in [0.25, 0.3) is 5.57 Å². The molecule has 2 rings (SSSR count). The van der Waals surface area contributed by atoms with Gasteiger partial charge in [-0.25, -0.2) is 4.99 Å². The minimum atomic E-state index is -0.882. The van der Waals surface area contributed by atoms with E-state index in [1.54, 1.807) is 17.5 Å². The molecule has 1 aliphatic heterocycles. The number of rotatable bonds is 1.